The van der Waals surface area contributed by atoms with Gasteiger partial charge in [-0.1, -0.05) is 6.92 Å². The fraction of sp³-hybridized carbons (Fsp3) is 1.00. The second-order valence-electron chi connectivity index (χ2n) is 11.3. The first kappa shape index (κ1) is 14.2. The molecule has 0 heterocycles. The zero-order chi connectivity index (χ0) is 15.4. The van der Waals surface area contributed by atoms with Gasteiger partial charge in [-0.3, -0.25) is 0 Å². The highest BCUT2D eigenvalue weighted by Gasteiger charge is 2.61. The summed E-state index contributed by atoms with van der Waals surface area (Å²) < 4.78 is 0. The smallest absolute Gasteiger partial charge is 0.0684 e. The van der Waals surface area contributed by atoms with Gasteiger partial charge in [0.05, 0.1) is 5.60 Å². The lowest BCUT2D eigenvalue weighted by Crippen LogP contribution is -2.60. The second-order valence-corrected chi connectivity index (χ2v) is 11.3. The first-order chi connectivity index (χ1) is 11.0. The lowest BCUT2D eigenvalue weighted by molar-refractivity contribution is -0.199. The summed E-state index contributed by atoms with van der Waals surface area (Å²) in [6, 6.07) is 0. The fourth-order valence-electron chi connectivity index (χ4n) is 9.53. The van der Waals surface area contributed by atoms with Crippen molar-refractivity contribution < 1.29 is 5.11 Å². The van der Waals surface area contributed by atoms with Crippen LogP contribution < -0.4 is 0 Å². The maximum atomic E-state index is 11.5. The van der Waals surface area contributed by atoms with Crippen molar-refractivity contribution in [3.8, 4) is 0 Å². The van der Waals surface area contributed by atoms with Crippen molar-refractivity contribution in [3.05, 3.63) is 0 Å². The first-order valence-corrected chi connectivity index (χ1v) is 10.7. The molecule has 0 spiro atoms. The molecule has 23 heavy (non-hydrogen) atoms. The van der Waals surface area contributed by atoms with Crippen molar-refractivity contribution in [1.29, 1.82) is 0 Å². The van der Waals surface area contributed by atoms with E-state index in [1.165, 1.54) is 51.4 Å². The van der Waals surface area contributed by atoms with E-state index in [1.807, 2.05) is 0 Å². The summed E-state index contributed by atoms with van der Waals surface area (Å²) in [4.78, 5) is 0. The van der Waals surface area contributed by atoms with Gasteiger partial charge in [0.15, 0.2) is 0 Å². The molecular weight excluding hydrogens is 280 g/mol. The largest absolute Gasteiger partial charge is 0.390 e. The van der Waals surface area contributed by atoms with Crippen LogP contribution in [0, 0.1) is 52.8 Å². The Morgan fingerprint density at radius 2 is 1.26 bits per heavy atom. The molecule has 8 rings (SSSR count). The molecular formula is C22H34O. The lowest BCUT2D eigenvalue weighted by atomic mass is 9.41. The summed E-state index contributed by atoms with van der Waals surface area (Å²) in [5, 5.41) is 11.5. The van der Waals surface area contributed by atoms with Gasteiger partial charge in [0.2, 0.25) is 0 Å². The molecule has 8 aliphatic carbocycles. The third-order valence-corrected chi connectivity index (χ3v) is 10.1. The van der Waals surface area contributed by atoms with Crippen molar-refractivity contribution >= 4 is 0 Å². The van der Waals surface area contributed by atoms with Crippen LogP contribution in [0.1, 0.15) is 77.6 Å². The quantitative estimate of drug-likeness (QED) is 0.758. The van der Waals surface area contributed by atoms with Crippen LogP contribution in [0.5, 0.6) is 0 Å². The molecule has 1 heteroatoms. The summed E-state index contributed by atoms with van der Waals surface area (Å²) in [6.45, 7) is 2.66. The van der Waals surface area contributed by atoms with Gasteiger partial charge in [-0.15, -0.1) is 0 Å². The van der Waals surface area contributed by atoms with Crippen molar-refractivity contribution in [3.63, 3.8) is 0 Å². The monoisotopic (exact) mass is 314 g/mol. The molecule has 8 saturated carbocycles. The average Bonchev–Trinajstić information content (AvgIpc) is 2.47. The molecule has 1 nitrogen and oxygen atoms in total. The van der Waals surface area contributed by atoms with Crippen LogP contribution in [-0.4, -0.2) is 10.7 Å². The SMILES string of the molecule is CC1(CC2C3C[C@@H]4C[C@H](C3)CC2(O)C4)C2CC3CC(C2)CC1C3. The number of rotatable bonds is 2. The normalized spacial score (nSPS) is 65.5. The third-order valence-electron chi connectivity index (χ3n) is 10.1. The number of hydrogen-bond donors (Lipinski definition) is 1. The van der Waals surface area contributed by atoms with E-state index < -0.39 is 0 Å². The van der Waals surface area contributed by atoms with Gasteiger partial charge in [-0.25, -0.2) is 0 Å². The van der Waals surface area contributed by atoms with Crippen LogP contribution in [0.25, 0.3) is 0 Å². The van der Waals surface area contributed by atoms with Crippen LogP contribution in [0.3, 0.4) is 0 Å². The van der Waals surface area contributed by atoms with Crippen molar-refractivity contribution in [1.82, 2.24) is 0 Å². The summed E-state index contributed by atoms with van der Waals surface area (Å²) in [5.74, 6) is 7.43. The fourth-order valence-corrected chi connectivity index (χ4v) is 9.53. The summed E-state index contributed by atoms with van der Waals surface area (Å²) in [5.41, 5.74) is 0.315. The van der Waals surface area contributed by atoms with E-state index in [1.54, 1.807) is 6.42 Å². The standard InChI is InChI=1S/C22H34O/c1-21(18-6-13-2-14(8-18)9-19(21)7-13)12-20-17-4-15-3-16(5-17)11-22(20,23)10-15/h13-20,23H,2-12H2,1H3/t13?,14?,15-,16+,17?,18?,19?,20?,21?,22?. The topological polar surface area (TPSA) is 20.2 Å². The predicted molar refractivity (Wildman–Crippen MR) is 91.8 cm³/mol. The Labute approximate surface area is 141 Å². The van der Waals surface area contributed by atoms with Gasteiger partial charge in [0.1, 0.15) is 0 Å². The average molecular weight is 315 g/mol. The molecule has 0 aromatic rings. The Morgan fingerprint density at radius 3 is 1.78 bits per heavy atom. The van der Waals surface area contributed by atoms with Gasteiger partial charge in [0.25, 0.3) is 0 Å². The molecule has 0 saturated heterocycles. The zero-order valence-corrected chi connectivity index (χ0v) is 14.8. The van der Waals surface area contributed by atoms with E-state index in [0.717, 1.165) is 54.3 Å². The maximum Gasteiger partial charge on any atom is 0.0684 e. The van der Waals surface area contributed by atoms with E-state index in [2.05, 4.69) is 6.92 Å². The van der Waals surface area contributed by atoms with Crippen molar-refractivity contribution in [2.45, 2.75) is 83.2 Å². The molecule has 0 amide bonds. The molecule has 1 N–H and O–H groups in total. The Morgan fingerprint density at radius 1 is 0.739 bits per heavy atom. The van der Waals surface area contributed by atoms with E-state index >= 15 is 0 Å². The van der Waals surface area contributed by atoms with E-state index in [0.29, 0.717) is 11.3 Å². The van der Waals surface area contributed by atoms with E-state index in [4.69, 9.17) is 0 Å². The van der Waals surface area contributed by atoms with Gasteiger partial charge in [-0.05, 0) is 123 Å². The van der Waals surface area contributed by atoms with E-state index in [-0.39, 0.29) is 5.60 Å². The Balaban J connectivity index is 1.31. The summed E-state index contributed by atoms with van der Waals surface area (Å²) in [6.07, 6.45) is 15.7. The summed E-state index contributed by atoms with van der Waals surface area (Å²) >= 11 is 0. The molecule has 5 atom stereocenters. The third kappa shape index (κ3) is 1.84. The van der Waals surface area contributed by atoms with Crippen LogP contribution >= 0.6 is 0 Å². The number of hydrogen-bond acceptors (Lipinski definition) is 1. The Kier molecular flexibility index (Phi) is 2.69. The zero-order valence-electron chi connectivity index (χ0n) is 14.8. The molecule has 0 aliphatic heterocycles. The Bertz CT molecular complexity index is 480. The minimum atomic E-state index is -0.258. The predicted octanol–water partition coefficient (Wildman–Crippen LogP) is 5.03. The minimum absolute atomic E-state index is 0.258. The van der Waals surface area contributed by atoms with E-state index in [9.17, 15) is 5.11 Å². The summed E-state index contributed by atoms with van der Waals surface area (Å²) in [7, 11) is 0. The van der Waals surface area contributed by atoms with Crippen molar-refractivity contribution in [2.24, 2.45) is 52.8 Å². The highest BCUT2D eigenvalue weighted by atomic mass is 16.3. The molecule has 0 radical (unpaired) electrons. The molecule has 3 unspecified atom stereocenters. The van der Waals surface area contributed by atoms with Crippen molar-refractivity contribution in [2.75, 3.05) is 0 Å². The second kappa shape index (κ2) is 4.37. The van der Waals surface area contributed by atoms with Gasteiger partial charge >= 0.3 is 0 Å². The number of aliphatic hydroxyl groups is 1. The maximum absolute atomic E-state index is 11.5. The molecule has 0 aromatic heterocycles. The minimum Gasteiger partial charge on any atom is -0.390 e. The van der Waals surface area contributed by atoms with Gasteiger partial charge < -0.3 is 5.11 Å². The molecule has 8 aliphatic rings. The lowest BCUT2D eigenvalue weighted by Gasteiger charge is -2.65. The highest BCUT2D eigenvalue weighted by Crippen LogP contribution is 2.67. The molecule has 8 fully saturated rings. The van der Waals surface area contributed by atoms with Crippen LogP contribution in [0.15, 0.2) is 0 Å². The highest BCUT2D eigenvalue weighted by molar-refractivity contribution is 5.11. The van der Waals surface area contributed by atoms with Crippen LogP contribution in [0.4, 0.5) is 0 Å². The van der Waals surface area contributed by atoms with Crippen LogP contribution in [-0.2, 0) is 0 Å². The van der Waals surface area contributed by atoms with Gasteiger partial charge in [0, 0.05) is 0 Å². The first-order valence-electron chi connectivity index (χ1n) is 10.7. The molecule has 0 aromatic carbocycles. The van der Waals surface area contributed by atoms with Gasteiger partial charge in [-0.2, -0.15) is 0 Å². The molecule has 8 bridgehead atoms. The Hall–Kier alpha value is -0.0400. The molecule has 128 valence electrons. The van der Waals surface area contributed by atoms with Crippen LogP contribution in [0.2, 0.25) is 0 Å².